The Labute approximate surface area is 219 Å². The molecule has 0 aliphatic carbocycles. The van der Waals surface area contributed by atoms with Crippen LogP contribution in [0.4, 0.5) is 11.8 Å². The Morgan fingerprint density at radius 2 is 1.89 bits per heavy atom. The van der Waals surface area contributed by atoms with E-state index in [1.807, 2.05) is 31.5 Å². The van der Waals surface area contributed by atoms with E-state index in [1.165, 1.54) is 5.56 Å². The lowest BCUT2D eigenvalue weighted by molar-refractivity contribution is 0.212. The lowest BCUT2D eigenvalue weighted by Gasteiger charge is -2.30. The summed E-state index contributed by atoms with van der Waals surface area (Å²) in [6, 6.07) is 18.8. The molecular formula is C30H38N6O. The first-order valence-electron chi connectivity index (χ1n) is 13.0. The maximum atomic E-state index is 10.1. The monoisotopic (exact) mass is 498 g/mol. The van der Waals surface area contributed by atoms with Gasteiger partial charge in [-0.25, -0.2) is 4.98 Å². The van der Waals surface area contributed by atoms with Gasteiger partial charge in [-0.05, 0) is 67.3 Å². The van der Waals surface area contributed by atoms with Crippen molar-refractivity contribution in [2.75, 3.05) is 31.2 Å². The van der Waals surface area contributed by atoms with Crippen LogP contribution in [0.2, 0.25) is 0 Å². The van der Waals surface area contributed by atoms with Crippen molar-refractivity contribution in [1.82, 2.24) is 19.9 Å². The van der Waals surface area contributed by atoms with Crippen molar-refractivity contribution >= 4 is 22.7 Å². The van der Waals surface area contributed by atoms with Gasteiger partial charge in [0.25, 0.3) is 0 Å². The summed E-state index contributed by atoms with van der Waals surface area (Å²) in [6.07, 6.45) is 7.68. The van der Waals surface area contributed by atoms with Gasteiger partial charge in [0.05, 0.1) is 17.7 Å². The summed E-state index contributed by atoms with van der Waals surface area (Å²) in [5.74, 6) is 0.857. The zero-order valence-electron chi connectivity index (χ0n) is 22.1. The first kappa shape index (κ1) is 26.5. The molecule has 0 fully saturated rings. The Balaban J connectivity index is 1.58. The number of aliphatic hydroxyl groups excluding tert-OH is 1. The number of nitrogens with zero attached hydrogens (tertiary/aromatic N) is 4. The van der Waals surface area contributed by atoms with Crippen LogP contribution in [0.15, 0.2) is 67.0 Å². The minimum absolute atomic E-state index is 0.00858. The molecular weight excluding hydrogens is 460 g/mol. The van der Waals surface area contributed by atoms with Crippen molar-refractivity contribution in [3.05, 3.63) is 78.1 Å². The maximum Gasteiger partial charge on any atom is 0.222 e. The second-order valence-electron chi connectivity index (χ2n) is 10.1. The number of unbranched alkanes of at least 4 members (excludes halogenated alkanes) is 1. The molecule has 0 bridgehead atoms. The van der Waals surface area contributed by atoms with E-state index in [1.54, 1.807) is 0 Å². The highest BCUT2D eigenvalue weighted by Crippen LogP contribution is 2.31. The van der Waals surface area contributed by atoms with Gasteiger partial charge < -0.3 is 21.1 Å². The highest BCUT2D eigenvalue weighted by molar-refractivity contribution is 5.93. The average Bonchev–Trinajstić information content (AvgIpc) is 2.91. The van der Waals surface area contributed by atoms with E-state index in [4.69, 9.17) is 5.73 Å². The lowest BCUT2D eigenvalue weighted by Crippen LogP contribution is -2.39. The second kappa shape index (κ2) is 12.1. The van der Waals surface area contributed by atoms with Gasteiger partial charge >= 0.3 is 0 Å². The summed E-state index contributed by atoms with van der Waals surface area (Å²) in [5, 5.41) is 14.4. The molecule has 0 aliphatic rings. The lowest BCUT2D eigenvalue weighted by atomic mass is 9.95. The van der Waals surface area contributed by atoms with Crippen LogP contribution in [-0.4, -0.2) is 50.7 Å². The number of nitrogens with one attached hydrogen (secondary N) is 1. The molecule has 2 heterocycles. The van der Waals surface area contributed by atoms with Gasteiger partial charge in [-0.15, -0.1) is 0 Å². The third-order valence-corrected chi connectivity index (χ3v) is 6.85. The highest BCUT2D eigenvalue weighted by atomic mass is 16.3. The van der Waals surface area contributed by atoms with Gasteiger partial charge in [-0.2, -0.15) is 4.98 Å². The van der Waals surface area contributed by atoms with E-state index in [0.29, 0.717) is 5.82 Å². The fourth-order valence-corrected chi connectivity index (χ4v) is 4.61. The van der Waals surface area contributed by atoms with Crippen LogP contribution >= 0.6 is 0 Å². The van der Waals surface area contributed by atoms with Crippen LogP contribution in [0, 0.1) is 0 Å². The van der Waals surface area contributed by atoms with Gasteiger partial charge in [0.1, 0.15) is 5.82 Å². The molecule has 7 heteroatoms. The molecule has 1 unspecified atom stereocenters. The Morgan fingerprint density at radius 3 is 2.65 bits per heavy atom. The number of nitrogen functional groups attached to an aromatic ring is 1. The second-order valence-corrected chi connectivity index (χ2v) is 10.1. The molecule has 0 saturated carbocycles. The van der Waals surface area contributed by atoms with Crippen molar-refractivity contribution in [2.45, 2.75) is 51.6 Å². The molecule has 0 saturated heterocycles. The predicted octanol–water partition coefficient (Wildman–Crippen LogP) is 5.30. The van der Waals surface area contributed by atoms with Crippen LogP contribution in [0.5, 0.6) is 0 Å². The number of likely N-dealkylation sites (N-methyl/N-ethyl adjacent to an activating group) is 1. The van der Waals surface area contributed by atoms with Crippen molar-refractivity contribution in [3.63, 3.8) is 0 Å². The van der Waals surface area contributed by atoms with Gasteiger partial charge in [0.15, 0.2) is 0 Å². The van der Waals surface area contributed by atoms with Gasteiger partial charge in [0, 0.05) is 30.9 Å². The molecule has 0 radical (unpaired) electrons. The highest BCUT2D eigenvalue weighted by Gasteiger charge is 2.24. The summed E-state index contributed by atoms with van der Waals surface area (Å²) < 4.78 is 0. The maximum absolute atomic E-state index is 10.1. The van der Waals surface area contributed by atoms with E-state index in [0.717, 1.165) is 66.4 Å². The molecule has 4 aromatic rings. The molecule has 4 rings (SSSR count). The Bertz CT molecular complexity index is 1310. The smallest absolute Gasteiger partial charge is 0.222 e. The summed E-state index contributed by atoms with van der Waals surface area (Å²) in [6.45, 7) is 5.91. The third kappa shape index (κ3) is 6.81. The van der Waals surface area contributed by atoms with Crippen molar-refractivity contribution in [3.8, 4) is 11.1 Å². The first-order valence-corrected chi connectivity index (χ1v) is 13.0. The van der Waals surface area contributed by atoms with Crippen molar-refractivity contribution in [1.29, 1.82) is 0 Å². The first-order chi connectivity index (χ1) is 17.9. The molecule has 2 aromatic heterocycles. The van der Waals surface area contributed by atoms with Crippen LogP contribution in [0.1, 0.15) is 44.2 Å². The zero-order valence-corrected chi connectivity index (χ0v) is 22.1. The molecule has 7 nitrogen and oxygen atoms in total. The van der Waals surface area contributed by atoms with Crippen LogP contribution in [-0.2, 0) is 13.0 Å². The predicted molar refractivity (Wildman–Crippen MR) is 152 cm³/mol. The molecule has 4 N–H and O–H groups in total. The normalized spacial score (nSPS) is 13.1. The summed E-state index contributed by atoms with van der Waals surface area (Å²) in [7, 11) is 2.14. The number of hydrogen-bond donors (Lipinski definition) is 3. The molecule has 0 aliphatic heterocycles. The van der Waals surface area contributed by atoms with Crippen molar-refractivity contribution in [2.24, 2.45) is 0 Å². The molecule has 2 aromatic carbocycles. The fourth-order valence-electron chi connectivity index (χ4n) is 4.61. The number of nitrogens with two attached hydrogens (primary N) is 1. The number of anilines is 2. The van der Waals surface area contributed by atoms with Gasteiger partial charge in [-0.3, -0.25) is 4.98 Å². The minimum atomic E-state index is -0.481. The van der Waals surface area contributed by atoms with E-state index in [2.05, 4.69) is 81.6 Å². The molecule has 0 amide bonds. The number of fused-ring (bicyclic) bond motifs is 1. The zero-order chi connectivity index (χ0) is 26.3. The largest absolute Gasteiger partial charge is 0.394 e. The Hall–Kier alpha value is -3.55. The Kier molecular flexibility index (Phi) is 8.69. The Morgan fingerprint density at radius 1 is 1.08 bits per heavy atom. The van der Waals surface area contributed by atoms with Crippen LogP contribution < -0.4 is 11.1 Å². The SMILES string of the molecule is CCCCC(C)(CO)Nc1nc(N)nc2cc(-c3ccncc3CN(C)CCc3ccccc3)ccc12. The van der Waals surface area contributed by atoms with E-state index >= 15 is 0 Å². The molecule has 194 valence electrons. The summed E-state index contributed by atoms with van der Waals surface area (Å²) >= 11 is 0. The van der Waals surface area contributed by atoms with Crippen molar-refractivity contribution < 1.29 is 5.11 Å². The number of hydrogen-bond acceptors (Lipinski definition) is 7. The topological polar surface area (TPSA) is 100 Å². The molecule has 0 spiro atoms. The standard InChI is InChI=1S/C30H38N6O/c1-4-5-15-30(2,21-37)35-28-26-12-11-23(18-27(26)33-29(31)34-28)25-13-16-32-19-24(25)20-36(3)17-14-22-9-7-6-8-10-22/h6-13,16,18-19,37H,4-5,14-15,17,20-21H2,1-3H3,(H3,31,33,34,35). The molecule has 1 atom stereocenters. The summed E-state index contributed by atoms with van der Waals surface area (Å²) in [4.78, 5) is 15.7. The fraction of sp³-hybridized carbons (Fsp3) is 0.367. The quantitative estimate of drug-likeness (QED) is 0.244. The number of rotatable bonds is 12. The molecule has 37 heavy (non-hydrogen) atoms. The number of benzene rings is 2. The van der Waals surface area contributed by atoms with Gasteiger partial charge in [-0.1, -0.05) is 56.2 Å². The summed E-state index contributed by atoms with van der Waals surface area (Å²) in [5.41, 5.74) is 11.1. The van der Waals surface area contributed by atoms with Crippen LogP contribution in [0.3, 0.4) is 0 Å². The van der Waals surface area contributed by atoms with Gasteiger partial charge in [0.2, 0.25) is 5.95 Å². The van der Waals surface area contributed by atoms with Crippen LogP contribution in [0.25, 0.3) is 22.0 Å². The third-order valence-electron chi connectivity index (χ3n) is 6.85. The van der Waals surface area contributed by atoms with E-state index in [-0.39, 0.29) is 12.6 Å². The number of aliphatic hydroxyl groups is 1. The van der Waals surface area contributed by atoms with E-state index < -0.39 is 5.54 Å². The minimum Gasteiger partial charge on any atom is -0.394 e. The average molecular weight is 499 g/mol. The number of aromatic nitrogens is 3. The van der Waals surface area contributed by atoms with E-state index in [9.17, 15) is 5.11 Å². The number of pyridine rings is 1.